The summed E-state index contributed by atoms with van der Waals surface area (Å²) >= 11 is 0. The molecule has 0 saturated heterocycles. The Labute approximate surface area is 101 Å². The molecule has 1 rings (SSSR count). The van der Waals surface area contributed by atoms with Crippen molar-refractivity contribution in [2.45, 2.75) is 12.4 Å². The highest BCUT2D eigenvalue weighted by Gasteiger charge is 2.49. The molecule has 1 aromatic carbocycles. The number of rotatable bonds is 3. The third kappa shape index (κ3) is 3.22. The molecule has 0 spiro atoms. The average molecular weight is 284 g/mol. The summed E-state index contributed by atoms with van der Waals surface area (Å²) in [5.74, 6) is -1.02. The van der Waals surface area contributed by atoms with Gasteiger partial charge in [-0.1, -0.05) is 29.8 Å². The van der Waals surface area contributed by atoms with Crippen molar-refractivity contribution in [1.82, 2.24) is 0 Å². The molecule has 0 aromatic heterocycles. The average Bonchev–Trinajstić information content (AvgIpc) is 2.25. The largest absolute Gasteiger partial charge is 0.534 e. The lowest BCUT2D eigenvalue weighted by atomic mass is 10.1. The van der Waals surface area contributed by atoms with Gasteiger partial charge in [0.15, 0.2) is 5.76 Å². The van der Waals surface area contributed by atoms with Gasteiger partial charge >= 0.3 is 15.6 Å². The fraction of sp³-hybridized carbons (Fsp3) is 0.200. The van der Waals surface area contributed by atoms with Crippen LogP contribution < -0.4 is 0 Å². The lowest BCUT2D eigenvalue weighted by molar-refractivity contribution is -0.0509. The number of alkyl halides is 3. The van der Waals surface area contributed by atoms with Gasteiger partial charge in [0.1, 0.15) is 6.33 Å². The van der Waals surface area contributed by atoms with Crippen molar-refractivity contribution in [2.24, 2.45) is 0 Å². The molecule has 0 aliphatic heterocycles. The van der Waals surface area contributed by atoms with Gasteiger partial charge < -0.3 is 4.18 Å². The van der Waals surface area contributed by atoms with E-state index in [2.05, 4.69) is 4.18 Å². The van der Waals surface area contributed by atoms with Crippen LogP contribution >= 0.6 is 0 Å². The Morgan fingerprint density at radius 2 is 1.72 bits per heavy atom. The van der Waals surface area contributed by atoms with Gasteiger partial charge in [0.2, 0.25) is 0 Å². The zero-order valence-corrected chi connectivity index (χ0v) is 9.85. The van der Waals surface area contributed by atoms with Gasteiger partial charge in [0.05, 0.1) is 0 Å². The molecular weight excluding hydrogens is 276 g/mol. The third-order valence-electron chi connectivity index (χ3n) is 1.92. The molecule has 0 saturated carbocycles. The molecule has 0 atom stereocenters. The van der Waals surface area contributed by atoms with Gasteiger partial charge in [0.25, 0.3) is 0 Å². The van der Waals surface area contributed by atoms with E-state index in [0.717, 1.165) is 5.56 Å². The molecule has 0 bridgehead atoms. The van der Waals surface area contributed by atoms with E-state index in [-0.39, 0.29) is 11.9 Å². The number of hydrogen-bond donors (Lipinski definition) is 0. The van der Waals surface area contributed by atoms with Crippen LogP contribution in [-0.4, -0.2) is 13.9 Å². The van der Waals surface area contributed by atoms with Crippen LogP contribution in [0, 0.1) is 6.92 Å². The third-order valence-corrected chi connectivity index (χ3v) is 2.88. The van der Waals surface area contributed by atoms with Gasteiger partial charge in [-0.15, -0.1) is 0 Å². The molecule has 0 unspecified atom stereocenters. The Morgan fingerprint density at radius 3 is 2.11 bits per heavy atom. The first-order valence-electron chi connectivity index (χ1n) is 4.55. The summed E-state index contributed by atoms with van der Waals surface area (Å²) in [6.45, 7) is 1.70. The minimum atomic E-state index is -5.88. The van der Waals surface area contributed by atoms with E-state index in [9.17, 15) is 26.0 Å². The lowest BCUT2D eigenvalue weighted by Gasteiger charge is -2.11. The van der Waals surface area contributed by atoms with Crippen LogP contribution in [0.3, 0.4) is 0 Å². The molecule has 0 radical (unpaired) electrons. The molecule has 0 N–H and O–H groups in total. The molecule has 0 aliphatic rings. The number of benzene rings is 1. The minimum Gasteiger partial charge on any atom is -0.373 e. The van der Waals surface area contributed by atoms with Crippen LogP contribution in [-0.2, 0) is 14.3 Å². The van der Waals surface area contributed by atoms with E-state index < -0.39 is 21.4 Å². The van der Waals surface area contributed by atoms with Crippen molar-refractivity contribution in [1.29, 1.82) is 0 Å². The second kappa shape index (κ2) is 4.97. The van der Waals surface area contributed by atoms with E-state index in [0.29, 0.717) is 0 Å². The van der Waals surface area contributed by atoms with Crippen molar-refractivity contribution in [3.05, 3.63) is 41.7 Å². The highest BCUT2D eigenvalue weighted by atomic mass is 32.2. The summed E-state index contributed by atoms with van der Waals surface area (Å²) in [6.07, 6.45) is -0.339. The molecule has 8 heteroatoms. The minimum absolute atomic E-state index is 0.115. The highest BCUT2D eigenvalue weighted by molar-refractivity contribution is 7.87. The fourth-order valence-corrected chi connectivity index (χ4v) is 1.48. The Kier molecular flexibility index (Phi) is 4.00. The second-order valence-electron chi connectivity index (χ2n) is 3.32. The zero-order valence-electron chi connectivity index (χ0n) is 9.03. The first kappa shape index (κ1) is 14.5. The van der Waals surface area contributed by atoms with Gasteiger partial charge in [-0.2, -0.15) is 21.6 Å². The Balaban J connectivity index is 3.05. The van der Waals surface area contributed by atoms with E-state index in [1.807, 2.05) is 0 Å². The topological polar surface area (TPSA) is 43.4 Å². The summed E-state index contributed by atoms with van der Waals surface area (Å²) in [5, 5.41) is 0. The van der Waals surface area contributed by atoms with E-state index in [4.69, 9.17) is 0 Å². The quantitative estimate of drug-likeness (QED) is 0.371. The monoisotopic (exact) mass is 284 g/mol. The summed E-state index contributed by atoms with van der Waals surface area (Å²) < 4.78 is 73.7. The SMILES string of the molecule is Cc1ccc(/C(=C/F)OS(=O)(=O)C(F)(F)F)cc1. The molecular formula is C10H8F4O3S. The first-order valence-corrected chi connectivity index (χ1v) is 5.96. The lowest BCUT2D eigenvalue weighted by Crippen LogP contribution is -2.25. The van der Waals surface area contributed by atoms with Crippen molar-refractivity contribution in [3.63, 3.8) is 0 Å². The van der Waals surface area contributed by atoms with Gasteiger partial charge in [-0.25, -0.2) is 4.39 Å². The number of halogens is 4. The van der Waals surface area contributed by atoms with Crippen molar-refractivity contribution in [3.8, 4) is 0 Å². The van der Waals surface area contributed by atoms with Crippen LogP contribution in [0.4, 0.5) is 17.6 Å². The van der Waals surface area contributed by atoms with E-state index >= 15 is 0 Å². The van der Waals surface area contributed by atoms with Crippen molar-refractivity contribution < 1.29 is 30.2 Å². The highest BCUT2D eigenvalue weighted by Crippen LogP contribution is 2.29. The summed E-state index contributed by atoms with van der Waals surface area (Å²) in [7, 11) is -5.88. The van der Waals surface area contributed by atoms with E-state index in [1.54, 1.807) is 6.92 Å². The number of hydrogen-bond acceptors (Lipinski definition) is 3. The Hall–Kier alpha value is -1.57. The number of aryl methyl sites for hydroxylation is 1. The maximum atomic E-state index is 12.4. The molecule has 18 heavy (non-hydrogen) atoms. The molecule has 0 fully saturated rings. The standard InChI is InChI=1S/C10H8F4O3S/c1-7-2-4-8(5-3-7)9(6-11)17-18(15,16)10(12,13)14/h2-6H,1H3/b9-6-. The van der Waals surface area contributed by atoms with Crippen LogP contribution in [0.2, 0.25) is 0 Å². The summed E-state index contributed by atoms with van der Waals surface area (Å²) in [6, 6.07) is 5.43. The Bertz CT molecular complexity index is 543. The zero-order chi connectivity index (χ0) is 14.0. The van der Waals surface area contributed by atoms with Crippen LogP contribution in [0.5, 0.6) is 0 Å². The van der Waals surface area contributed by atoms with Gasteiger partial charge in [-0.05, 0) is 6.92 Å². The Morgan fingerprint density at radius 1 is 1.22 bits per heavy atom. The van der Waals surface area contributed by atoms with Gasteiger partial charge in [0, 0.05) is 5.56 Å². The molecule has 0 aliphatic carbocycles. The smallest absolute Gasteiger partial charge is 0.373 e. The molecule has 3 nitrogen and oxygen atoms in total. The molecule has 0 amide bonds. The predicted molar refractivity (Wildman–Crippen MR) is 56.3 cm³/mol. The van der Waals surface area contributed by atoms with Gasteiger partial charge in [-0.3, -0.25) is 0 Å². The van der Waals surface area contributed by atoms with Crippen LogP contribution in [0.25, 0.3) is 5.76 Å². The first-order chi connectivity index (χ1) is 8.17. The molecule has 100 valence electrons. The molecule has 1 aromatic rings. The summed E-state index contributed by atoms with van der Waals surface area (Å²) in [4.78, 5) is 0. The van der Waals surface area contributed by atoms with Crippen molar-refractivity contribution in [2.75, 3.05) is 0 Å². The predicted octanol–water partition coefficient (Wildman–Crippen LogP) is 3.13. The maximum Gasteiger partial charge on any atom is 0.534 e. The maximum absolute atomic E-state index is 12.4. The molecule has 0 heterocycles. The van der Waals surface area contributed by atoms with E-state index in [1.165, 1.54) is 24.3 Å². The van der Waals surface area contributed by atoms with Crippen molar-refractivity contribution >= 4 is 15.9 Å². The fourth-order valence-electron chi connectivity index (χ4n) is 1.01. The second-order valence-corrected chi connectivity index (χ2v) is 4.86. The van der Waals surface area contributed by atoms with Crippen LogP contribution in [0.15, 0.2) is 30.6 Å². The van der Waals surface area contributed by atoms with Crippen LogP contribution in [0.1, 0.15) is 11.1 Å². The summed E-state index contributed by atoms with van der Waals surface area (Å²) in [5.41, 5.74) is -4.95. The normalized spacial score (nSPS) is 13.5.